The summed E-state index contributed by atoms with van der Waals surface area (Å²) in [5, 5.41) is 6.06. The fraction of sp³-hybridized carbons (Fsp3) is 0. The van der Waals surface area contributed by atoms with Crippen LogP contribution in [-0.2, 0) is 0 Å². The SMILES string of the molecule is c1ccc(-c2cccc(-c3ccccc3)c2-n2c(-c3csc4c3ccc3ccccc34)nc3ccccc32)cc1. The van der Waals surface area contributed by atoms with Crippen molar-refractivity contribution in [1.29, 1.82) is 0 Å². The van der Waals surface area contributed by atoms with E-state index < -0.39 is 0 Å². The van der Waals surface area contributed by atoms with E-state index in [1.807, 2.05) is 0 Å². The van der Waals surface area contributed by atoms with Crippen LogP contribution >= 0.6 is 11.3 Å². The highest BCUT2D eigenvalue weighted by Gasteiger charge is 2.23. The van der Waals surface area contributed by atoms with Gasteiger partial charge in [-0.1, -0.05) is 127 Å². The number of aromatic nitrogens is 2. The molecule has 2 aromatic heterocycles. The van der Waals surface area contributed by atoms with Gasteiger partial charge in [0.05, 0.1) is 16.7 Å². The molecule has 0 unspecified atom stereocenters. The summed E-state index contributed by atoms with van der Waals surface area (Å²) >= 11 is 1.80. The average Bonchev–Trinajstić information content (AvgIpc) is 3.63. The molecule has 2 nitrogen and oxygen atoms in total. The van der Waals surface area contributed by atoms with E-state index in [2.05, 4.69) is 149 Å². The molecule has 0 aliphatic rings. The van der Waals surface area contributed by atoms with E-state index in [4.69, 9.17) is 4.98 Å². The third-order valence-electron chi connectivity index (χ3n) is 7.70. The highest BCUT2D eigenvalue weighted by atomic mass is 32.1. The lowest BCUT2D eigenvalue weighted by molar-refractivity contribution is 1.11. The topological polar surface area (TPSA) is 17.8 Å². The van der Waals surface area contributed by atoms with Crippen LogP contribution in [0.25, 0.3) is 71.2 Å². The second-order valence-corrected chi connectivity index (χ2v) is 10.9. The van der Waals surface area contributed by atoms with Crippen molar-refractivity contribution in [3.8, 4) is 39.3 Å². The van der Waals surface area contributed by atoms with Gasteiger partial charge < -0.3 is 0 Å². The minimum absolute atomic E-state index is 0.961. The molecule has 40 heavy (non-hydrogen) atoms. The Morgan fingerprint density at radius 2 is 1.15 bits per heavy atom. The lowest BCUT2D eigenvalue weighted by Gasteiger charge is -2.19. The molecule has 8 aromatic rings. The highest BCUT2D eigenvalue weighted by molar-refractivity contribution is 7.18. The van der Waals surface area contributed by atoms with Gasteiger partial charge >= 0.3 is 0 Å². The lowest BCUT2D eigenvalue weighted by Crippen LogP contribution is -2.03. The molecule has 0 saturated heterocycles. The molecule has 188 valence electrons. The third kappa shape index (κ3) is 3.59. The molecular weight excluding hydrogens is 504 g/mol. The fourth-order valence-corrected chi connectivity index (χ4v) is 6.94. The Balaban J connectivity index is 1.50. The van der Waals surface area contributed by atoms with Gasteiger partial charge in [-0.25, -0.2) is 4.98 Å². The number of hydrogen-bond donors (Lipinski definition) is 0. The number of rotatable bonds is 4. The summed E-state index contributed by atoms with van der Waals surface area (Å²) in [6.07, 6.45) is 0. The first-order chi connectivity index (χ1) is 19.9. The standard InChI is InChI=1S/C37H24N2S/c1-3-12-25(13-4-1)28-18-11-19-29(26-14-5-2-6-15-26)35(28)39-34-21-10-9-20-33(34)38-37(39)32-24-40-36-30-17-8-7-16-27(30)22-23-31(32)36/h1-24H. The Morgan fingerprint density at radius 3 is 1.90 bits per heavy atom. The summed E-state index contributed by atoms with van der Waals surface area (Å²) in [4.78, 5) is 5.30. The Hall–Kier alpha value is -4.99. The van der Waals surface area contributed by atoms with E-state index in [0.717, 1.165) is 28.1 Å². The van der Waals surface area contributed by atoms with Crippen LogP contribution in [-0.4, -0.2) is 9.55 Å². The molecule has 0 aliphatic carbocycles. The van der Waals surface area contributed by atoms with Crippen LogP contribution in [0.1, 0.15) is 0 Å². The Labute approximate surface area is 236 Å². The first-order valence-corrected chi connectivity index (χ1v) is 14.4. The first kappa shape index (κ1) is 22.9. The minimum Gasteiger partial charge on any atom is -0.291 e. The maximum Gasteiger partial charge on any atom is 0.147 e. The van der Waals surface area contributed by atoms with Crippen molar-refractivity contribution < 1.29 is 0 Å². The first-order valence-electron chi connectivity index (χ1n) is 13.5. The molecule has 2 heterocycles. The van der Waals surface area contributed by atoms with Crippen molar-refractivity contribution in [2.45, 2.75) is 0 Å². The number of imidazole rings is 1. The molecule has 0 amide bonds. The third-order valence-corrected chi connectivity index (χ3v) is 8.72. The molecule has 3 heteroatoms. The maximum absolute atomic E-state index is 5.30. The highest BCUT2D eigenvalue weighted by Crippen LogP contribution is 2.43. The average molecular weight is 529 g/mol. The molecule has 0 aliphatic heterocycles. The summed E-state index contributed by atoms with van der Waals surface area (Å²) in [7, 11) is 0. The second-order valence-electron chi connectivity index (χ2n) is 10.0. The smallest absolute Gasteiger partial charge is 0.147 e. The summed E-state index contributed by atoms with van der Waals surface area (Å²) < 4.78 is 3.68. The second kappa shape index (κ2) is 9.33. The number of thiophene rings is 1. The van der Waals surface area contributed by atoms with E-state index in [9.17, 15) is 0 Å². The van der Waals surface area contributed by atoms with Crippen LogP contribution in [0.2, 0.25) is 0 Å². The van der Waals surface area contributed by atoms with Crippen molar-refractivity contribution in [2.24, 2.45) is 0 Å². The molecule has 0 N–H and O–H groups in total. The van der Waals surface area contributed by atoms with Crippen molar-refractivity contribution in [3.63, 3.8) is 0 Å². The van der Waals surface area contributed by atoms with Crippen molar-refractivity contribution in [3.05, 3.63) is 145 Å². The van der Waals surface area contributed by atoms with E-state index >= 15 is 0 Å². The lowest BCUT2D eigenvalue weighted by atomic mass is 9.95. The number of para-hydroxylation sites is 3. The number of benzene rings is 6. The van der Waals surface area contributed by atoms with Gasteiger partial charge in [-0.3, -0.25) is 4.57 Å². The van der Waals surface area contributed by atoms with Crippen LogP contribution in [0.4, 0.5) is 0 Å². The number of hydrogen-bond acceptors (Lipinski definition) is 2. The molecular formula is C37H24N2S. The van der Waals surface area contributed by atoms with E-state index in [1.165, 1.54) is 43.1 Å². The van der Waals surface area contributed by atoms with Crippen LogP contribution in [0.5, 0.6) is 0 Å². The molecule has 6 aromatic carbocycles. The summed E-state index contributed by atoms with van der Waals surface area (Å²) in [5.74, 6) is 0.961. The fourth-order valence-electron chi connectivity index (χ4n) is 5.86. The summed E-state index contributed by atoms with van der Waals surface area (Å²) in [6, 6.07) is 49.6. The van der Waals surface area contributed by atoms with Gasteiger partial charge in [-0.15, -0.1) is 11.3 Å². The normalized spacial score (nSPS) is 11.5. The molecule has 8 rings (SSSR count). The van der Waals surface area contributed by atoms with Gasteiger partial charge in [0.15, 0.2) is 0 Å². The predicted octanol–water partition coefficient (Wildman–Crippen LogP) is 10.4. The maximum atomic E-state index is 5.30. The summed E-state index contributed by atoms with van der Waals surface area (Å²) in [5.41, 5.74) is 9.10. The van der Waals surface area contributed by atoms with Gasteiger partial charge in [-0.2, -0.15) is 0 Å². The van der Waals surface area contributed by atoms with Gasteiger partial charge in [-0.05, 0) is 34.0 Å². The van der Waals surface area contributed by atoms with Gasteiger partial charge in [0.2, 0.25) is 0 Å². The van der Waals surface area contributed by atoms with Crippen LogP contribution in [0.3, 0.4) is 0 Å². The van der Waals surface area contributed by atoms with Crippen molar-refractivity contribution in [1.82, 2.24) is 9.55 Å². The van der Waals surface area contributed by atoms with E-state index in [1.54, 1.807) is 11.3 Å². The van der Waals surface area contributed by atoms with Crippen LogP contribution < -0.4 is 0 Å². The Morgan fingerprint density at radius 1 is 0.500 bits per heavy atom. The largest absolute Gasteiger partial charge is 0.291 e. The quantitative estimate of drug-likeness (QED) is 0.222. The van der Waals surface area contributed by atoms with Gasteiger partial charge in [0.25, 0.3) is 0 Å². The zero-order valence-corrected chi connectivity index (χ0v) is 22.5. The van der Waals surface area contributed by atoms with Gasteiger partial charge in [0.1, 0.15) is 5.82 Å². The van der Waals surface area contributed by atoms with Crippen LogP contribution in [0.15, 0.2) is 145 Å². The molecule has 0 radical (unpaired) electrons. The van der Waals surface area contributed by atoms with Crippen molar-refractivity contribution in [2.75, 3.05) is 0 Å². The molecule has 0 saturated carbocycles. The predicted molar refractivity (Wildman–Crippen MR) is 170 cm³/mol. The monoisotopic (exact) mass is 528 g/mol. The molecule has 0 fully saturated rings. The van der Waals surface area contributed by atoms with Crippen molar-refractivity contribution >= 4 is 43.2 Å². The van der Waals surface area contributed by atoms with Crippen LogP contribution in [0, 0.1) is 0 Å². The summed E-state index contributed by atoms with van der Waals surface area (Å²) in [6.45, 7) is 0. The molecule has 0 spiro atoms. The van der Waals surface area contributed by atoms with E-state index in [-0.39, 0.29) is 0 Å². The Kier molecular flexibility index (Phi) is 5.35. The minimum atomic E-state index is 0.961. The number of fused-ring (bicyclic) bond motifs is 4. The zero-order valence-electron chi connectivity index (χ0n) is 21.7. The zero-order chi connectivity index (χ0) is 26.5. The van der Waals surface area contributed by atoms with E-state index in [0.29, 0.717) is 0 Å². The molecule has 0 bridgehead atoms. The Bertz CT molecular complexity index is 2100. The molecule has 0 atom stereocenters. The number of nitrogens with zero attached hydrogens (tertiary/aromatic N) is 2. The van der Waals surface area contributed by atoms with Gasteiger partial charge in [0, 0.05) is 32.2 Å².